The topological polar surface area (TPSA) is 111 Å². The fourth-order valence-corrected chi connectivity index (χ4v) is 4.68. The molecule has 4 N–H and O–H groups in total. The Bertz CT molecular complexity index is 905. The normalized spacial score (nSPS) is 15.4. The van der Waals surface area contributed by atoms with Crippen LogP contribution in [0, 0.1) is 5.92 Å². The molecule has 0 saturated carbocycles. The Kier molecular flexibility index (Phi) is 5.99. The van der Waals surface area contributed by atoms with Crippen LogP contribution in [0.3, 0.4) is 0 Å². The number of rotatable bonds is 5. The summed E-state index contributed by atoms with van der Waals surface area (Å²) in [6.45, 7) is 4.21. The number of hydrogen-bond acceptors (Lipinski definition) is 5. The molecule has 0 aliphatic heterocycles. The van der Waals surface area contributed by atoms with Crippen molar-refractivity contribution in [1.82, 2.24) is 0 Å². The summed E-state index contributed by atoms with van der Waals surface area (Å²) < 4.78 is 4.93. The summed E-state index contributed by atoms with van der Waals surface area (Å²) in [6, 6.07) is 5.91. The minimum absolute atomic E-state index is 0.299. The number of anilines is 2. The maximum Gasteiger partial charge on any atom is 0.338 e. The number of nitrogens with one attached hydrogen (secondary N) is 2. The van der Waals surface area contributed by atoms with Crippen molar-refractivity contribution < 1.29 is 19.1 Å². The average Bonchev–Trinajstić information content (AvgIpc) is 2.99. The maximum absolute atomic E-state index is 12.4. The summed E-state index contributed by atoms with van der Waals surface area (Å²) in [5.74, 6) is -0.393. The lowest BCUT2D eigenvalue weighted by Crippen LogP contribution is -2.22. The van der Waals surface area contributed by atoms with Gasteiger partial charge in [0.25, 0.3) is 5.91 Å². The van der Waals surface area contributed by atoms with Gasteiger partial charge in [0.05, 0.1) is 17.7 Å². The van der Waals surface area contributed by atoms with Gasteiger partial charge < -0.3 is 15.8 Å². The first-order chi connectivity index (χ1) is 13.4. The fraction of sp³-hybridized carbons (Fsp3) is 0.350. The molecule has 148 valence electrons. The van der Waals surface area contributed by atoms with Crippen LogP contribution in [-0.2, 0) is 17.6 Å². The van der Waals surface area contributed by atoms with Crippen LogP contribution in [0.1, 0.15) is 51.4 Å². The molecule has 28 heavy (non-hydrogen) atoms. The van der Waals surface area contributed by atoms with Crippen molar-refractivity contribution in [3.63, 3.8) is 0 Å². The number of ether oxygens (including phenoxy) is 1. The Morgan fingerprint density at radius 1 is 1.21 bits per heavy atom. The van der Waals surface area contributed by atoms with Crippen molar-refractivity contribution in [2.24, 2.45) is 11.7 Å². The zero-order valence-corrected chi connectivity index (χ0v) is 16.7. The first kappa shape index (κ1) is 19.9. The number of esters is 1. The third-order valence-corrected chi connectivity index (χ3v) is 5.81. The van der Waals surface area contributed by atoms with Crippen LogP contribution in [-0.4, -0.2) is 24.5 Å². The number of fused-ring (bicyclic) bond motifs is 1. The highest BCUT2D eigenvalue weighted by Gasteiger charge is 2.27. The third-order valence-electron chi connectivity index (χ3n) is 4.64. The highest BCUT2D eigenvalue weighted by Crippen LogP contribution is 2.39. The predicted octanol–water partition coefficient (Wildman–Crippen LogP) is 3.79. The summed E-state index contributed by atoms with van der Waals surface area (Å²) >= 11 is 1.41. The van der Waals surface area contributed by atoms with E-state index in [-0.39, 0.29) is 0 Å². The van der Waals surface area contributed by atoms with E-state index in [0.29, 0.717) is 34.3 Å². The molecule has 2 aromatic rings. The molecule has 7 nitrogen and oxygen atoms in total. The molecule has 1 unspecified atom stereocenters. The monoisotopic (exact) mass is 401 g/mol. The summed E-state index contributed by atoms with van der Waals surface area (Å²) in [5.41, 5.74) is 7.87. The second-order valence-corrected chi connectivity index (χ2v) is 7.90. The van der Waals surface area contributed by atoms with Crippen LogP contribution in [0.5, 0.6) is 0 Å². The molecule has 3 amide bonds. The fourth-order valence-electron chi connectivity index (χ4n) is 3.27. The first-order valence-electron chi connectivity index (χ1n) is 9.18. The van der Waals surface area contributed by atoms with Crippen LogP contribution in [0.25, 0.3) is 0 Å². The van der Waals surface area contributed by atoms with E-state index in [1.807, 2.05) is 0 Å². The molecule has 1 aliphatic carbocycles. The van der Waals surface area contributed by atoms with Gasteiger partial charge in [-0.2, -0.15) is 0 Å². The zero-order chi connectivity index (χ0) is 20.3. The summed E-state index contributed by atoms with van der Waals surface area (Å²) in [5, 5.41) is 5.92. The molecule has 0 spiro atoms. The van der Waals surface area contributed by atoms with Gasteiger partial charge in [-0.1, -0.05) is 6.92 Å². The van der Waals surface area contributed by atoms with Crippen molar-refractivity contribution in [2.75, 3.05) is 17.2 Å². The lowest BCUT2D eigenvalue weighted by atomic mass is 9.88. The summed E-state index contributed by atoms with van der Waals surface area (Å²) in [4.78, 5) is 37.1. The smallest absolute Gasteiger partial charge is 0.338 e. The van der Waals surface area contributed by atoms with Gasteiger partial charge in [0.1, 0.15) is 5.00 Å². The third kappa shape index (κ3) is 4.33. The number of benzene rings is 1. The van der Waals surface area contributed by atoms with Gasteiger partial charge >= 0.3 is 12.0 Å². The largest absolute Gasteiger partial charge is 0.462 e. The lowest BCUT2D eigenvalue weighted by Gasteiger charge is -2.18. The molecule has 1 heterocycles. The van der Waals surface area contributed by atoms with E-state index in [2.05, 4.69) is 17.6 Å². The van der Waals surface area contributed by atoms with Gasteiger partial charge in [0, 0.05) is 10.6 Å². The second-order valence-electron chi connectivity index (χ2n) is 6.80. The molecular weight excluding hydrogens is 378 g/mol. The number of carbonyl (C=O) groups is 3. The van der Waals surface area contributed by atoms with Crippen LogP contribution in [0.2, 0.25) is 0 Å². The Balaban J connectivity index is 1.71. The highest BCUT2D eigenvalue weighted by molar-refractivity contribution is 7.17. The van der Waals surface area contributed by atoms with Gasteiger partial charge in [0.15, 0.2) is 0 Å². The number of primary amides is 1. The quantitative estimate of drug-likeness (QED) is 0.662. The molecule has 1 atom stereocenters. The SMILES string of the molecule is CCOC(=O)c1ccc(NC(=O)Nc2sc3c(c2C(N)=O)CCC(C)C3)cc1. The highest BCUT2D eigenvalue weighted by atomic mass is 32.1. The second kappa shape index (κ2) is 8.43. The van der Waals surface area contributed by atoms with Crippen molar-refractivity contribution in [3.05, 3.63) is 45.8 Å². The average molecular weight is 401 g/mol. The standard InChI is InChI=1S/C20H23N3O4S/c1-3-27-19(25)12-5-7-13(8-6-12)22-20(26)23-18-16(17(21)24)14-9-4-11(2)10-15(14)28-18/h5-8,11H,3-4,9-10H2,1-2H3,(H2,21,24)(H2,22,23,26). The first-order valence-corrected chi connectivity index (χ1v) is 10.00. The number of urea groups is 1. The van der Waals surface area contributed by atoms with Crippen molar-refractivity contribution in [3.8, 4) is 0 Å². The molecule has 0 radical (unpaired) electrons. The van der Waals surface area contributed by atoms with Crippen LogP contribution < -0.4 is 16.4 Å². The Morgan fingerprint density at radius 3 is 2.57 bits per heavy atom. The van der Waals surface area contributed by atoms with Crippen molar-refractivity contribution in [2.45, 2.75) is 33.1 Å². The number of hydrogen-bond donors (Lipinski definition) is 3. The van der Waals surface area contributed by atoms with Crippen LogP contribution in [0.15, 0.2) is 24.3 Å². The number of nitrogens with two attached hydrogens (primary N) is 1. The Labute approximate surface area is 167 Å². The van der Waals surface area contributed by atoms with Gasteiger partial charge in [-0.3, -0.25) is 10.1 Å². The number of amides is 3. The molecule has 1 aromatic heterocycles. The van der Waals surface area contributed by atoms with Gasteiger partial charge in [0.2, 0.25) is 0 Å². The number of thiophene rings is 1. The maximum atomic E-state index is 12.4. The van der Waals surface area contributed by atoms with Crippen LogP contribution in [0.4, 0.5) is 15.5 Å². The van der Waals surface area contributed by atoms with Crippen molar-refractivity contribution in [1.29, 1.82) is 0 Å². The van der Waals surface area contributed by atoms with Crippen LogP contribution >= 0.6 is 11.3 Å². The van der Waals surface area contributed by atoms with Crippen molar-refractivity contribution >= 4 is 39.9 Å². The Hall–Kier alpha value is -2.87. The predicted molar refractivity (Wildman–Crippen MR) is 109 cm³/mol. The van der Waals surface area contributed by atoms with E-state index < -0.39 is 17.9 Å². The lowest BCUT2D eigenvalue weighted by molar-refractivity contribution is 0.0526. The van der Waals surface area contributed by atoms with E-state index >= 15 is 0 Å². The van der Waals surface area contributed by atoms with E-state index in [4.69, 9.17) is 10.5 Å². The van der Waals surface area contributed by atoms with E-state index in [0.717, 1.165) is 29.7 Å². The summed E-state index contributed by atoms with van der Waals surface area (Å²) in [7, 11) is 0. The zero-order valence-electron chi connectivity index (χ0n) is 15.8. The minimum Gasteiger partial charge on any atom is -0.462 e. The van der Waals surface area contributed by atoms with E-state index in [1.165, 1.54) is 11.3 Å². The molecule has 3 rings (SSSR count). The molecule has 0 bridgehead atoms. The van der Waals surface area contributed by atoms with Gasteiger partial charge in [-0.25, -0.2) is 9.59 Å². The Morgan fingerprint density at radius 2 is 1.93 bits per heavy atom. The molecule has 8 heteroatoms. The number of carbonyl (C=O) groups excluding carboxylic acids is 3. The molecular formula is C20H23N3O4S. The molecule has 1 aromatic carbocycles. The van der Waals surface area contributed by atoms with Gasteiger partial charge in [-0.15, -0.1) is 11.3 Å². The van der Waals surface area contributed by atoms with E-state index in [9.17, 15) is 14.4 Å². The van der Waals surface area contributed by atoms with Gasteiger partial charge in [-0.05, 0) is 61.9 Å². The minimum atomic E-state index is -0.527. The summed E-state index contributed by atoms with van der Waals surface area (Å²) in [6.07, 6.45) is 2.69. The molecule has 0 saturated heterocycles. The van der Waals surface area contributed by atoms with E-state index in [1.54, 1.807) is 31.2 Å². The molecule has 0 fully saturated rings. The molecule has 1 aliphatic rings.